The lowest BCUT2D eigenvalue weighted by molar-refractivity contribution is 0.182. The molecule has 0 radical (unpaired) electrons. The molecule has 1 N–H and O–H groups in total. The molecule has 1 unspecified atom stereocenters. The zero-order valence-electron chi connectivity index (χ0n) is 12.7. The number of aryl methyl sites for hydroxylation is 1. The Morgan fingerprint density at radius 2 is 2.29 bits per heavy atom. The summed E-state index contributed by atoms with van der Waals surface area (Å²) in [5.74, 6) is 0.975. The minimum absolute atomic E-state index is 0.00122. The van der Waals surface area contributed by atoms with Crippen molar-refractivity contribution in [3.63, 3.8) is 0 Å². The van der Waals surface area contributed by atoms with Crippen molar-refractivity contribution in [2.75, 3.05) is 20.3 Å². The lowest BCUT2D eigenvalue weighted by Crippen LogP contribution is -2.29. The van der Waals surface area contributed by atoms with Crippen LogP contribution in [0.2, 0.25) is 0 Å². The van der Waals surface area contributed by atoms with Gasteiger partial charge in [-0.1, -0.05) is 6.92 Å². The Labute approximate surface area is 133 Å². The number of nitrogens with one attached hydrogen (secondary N) is 1. The number of nitrogens with zero attached hydrogens (tertiary/aromatic N) is 4. The number of imidazole rings is 1. The number of ether oxygens (including phenoxy) is 1. The van der Waals surface area contributed by atoms with Crippen molar-refractivity contribution in [2.45, 2.75) is 25.9 Å². The summed E-state index contributed by atoms with van der Waals surface area (Å²) in [5, 5.41) is 7.99. The molecule has 0 aromatic carbocycles. The quantitative estimate of drug-likeness (QED) is 0.787. The molecule has 0 saturated carbocycles. The van der Waals surface area contributed by atoms with E-state index >= 15 is 0 Å². The van der Waals surface area contributed by atoms with Crippen LogP contribution in [0, 0.1) is 0 Å². The molecule has 2 heterocycles. The fraction of sp³-hybridized carbons (Fsp3) is 0.571. The maximum atomic E-state index is 5.17. The van der Waals surface area contributed by atoms with E-state index in [1.165, 1.54) is 0 Å². The van der Waals surface area contributed by atoms with Crippen LogP contribution in [-0.2, 0) is 18.3 Å². The highest BCUT2D eigenvalue weighted by Crippen LogP contribution is 2.27. The number of hydrogen-bond acceptors (Lipinski definition) is 4. The molecular formula is C14H22BrN5O. The van der Waals surface area contributed by atoms with Gasteiger partial charge in [-0.3, -0.25) is 4.68 Å². The first-order valence-electron chi connectivity index (χ1n) is 7.09. The van der Waals surface area contributed by atoms with Crippen LogP contribution < -0.4 is 5.32 Å². The van der Waals surface area contributed by atoms with Gasteiger partial charge in [0.15, 0.2) is 0 Å². The fourth-order valence-corrected chi connectivity index (χ4v) is 2.79. The van der Waals surface area contributed by atoms with Crippen molar-refractivity contribution in [3.8, 4) is 0 Å². The first kappa shape index (κ1) is 16.2. The average Bonchev–Trinajstić information content (AvgIpc) is 3.05. The second-order valence-electron chi connectivity index (χ2n) is 4.88. The van der Waals surface area contributed by atoms with Crippen molar-refractivity contribution >= 4 is 15.9 Å². The summed E-state index contributed by atoms with van der Waals surface area (Å²) in [7, 11) is 3.70. The molecule has 0 aliphatic carbocycles. The monoisotopic (exact) mass is 355 g/mol. The van der Waals surface area contributed by atoms with E-state index in [-0.39, 0.29) is 6.04 Å². The molecule has 116 valence electrons. The third-order valence-corrected chi connectivity index (χ3v) is 3.94. The number of rotatable bonds is 8. The van der Waals surface area contributed by atoms with E-state index in [1.54, 1.807) is 7.11 Å². The summed E-state index contributed by atoms with van der Waals surface area (Å²) in [6, 6.07) is -0.00122. The Morgan fingerprint density at radius 1 is 1.48 bits per heavy atom. The van der Waals surface area contributed by atoms with E-state index in [2.05, 4.69) is 38.3 Å². The van der Waals surface area contributed by atoms with E-state index in [1.807, 2.05) is 34.9 Å². The van der Waals surface area contributed by atoms with Crippen LogP contribution in [0.15, 0.2) is 23.1 Å². The highest BCUT2D eigenvalue weighted by Gasteiger charge is 2.24. The zero-order valence-corrected chi connectivity index (χ0v) is 14.3. The van der Waals surface area contributed by atoms with Crippen molar-refractivity contribution in [1.82, 2.24) is 24.6 Å². The van der Waals surface area contributed by atoms with Crippen LogP contribution in [-0.4, -0.2) is 39.6 Å². The minimum atomic E-state index is -0.00122. The summed E-state index contributed by atoms with van der Waals surface area (Å²) in [6.45, 7) is 4.41. The Kier molecular flexibility index (Phi) is 5.96. The smallest absolute Gasteiger partial charge is 0.131 e. The van der Waals surface area contributed by atoms with Gasteiger partial charge in [-0.25, -0.2) is 4.98 Å². The van der Waals surface area contributed by atoms with E-state index in [0.29, 0.717) is 13.2 Å². The highest BCUT2D eigenvalue weighted by atomic mass is 79.9. The molecule has 2 aromatic heterocycles. The van der Waals surface area contributed by atoms with E-state index in [9.17, 15) is 0 Å². The Bertz CT molecular complexity index is 565. The van der Waals surface area contributed by atoms with Crippen molar-refractivity contribution in [3.05, 3.63) is 34.6 Å². The third-order valence-electron chi connectivity index (χ3n) is 3.33. The summed E-state index contributed by atoms with van der Waals surface area (Å²) in [4.78, 5) is 4.49. The molecule has 6 nitrogen and oxygen atoms in total. The van der Waals surface area contributed by atoms with Gasteiger partial charge in [-0.05, 0) is 28.9 Å². The van der Waals surface area contributed by atoms with Gasteiger partial charge in [0.2, 0.25) is 0 Å². The van der Waals surface area contributed by atoms with Gasteiger partial charge in [0.1, 0.15) is 11.9 Å². The summed E-state index contributed by atoms with van der Waals surface area (Å²) >= 11 is 3.61. The molecule has 0 spiro atoms. The van der Waals surface area contributed by atoms with Crippen LogP contribution in [0.5, 0.6) is 0 Å². The van der Waals surface area contributed by atoms with Gasteiger partial charge in [-0.15, -0.1) is 0 Å². The molecule has 7 heteroatoms. The van der Waals surface area contributed by atoms with Gasteiger partial charge in [0.05, 0.1) is 29.5 Å². The van der Waals surface area contributed by atoms with Crippen LogP contribution >= 0.6 is 15.9 Å². The van der Waals surface area contributed by atoms with Gasteiger partial charge in [0.25, 0.3) is 0 Å². The molecule has 0 bridgehead atoms. The molecule has 0 saturated heterocycles. The summed E-state index contributed by atoms with van der Waals surface area (Å²) in [6.07, 6.45) is 6.67. The van der Waals surface area contributed by atoms with Gasteiger partial charge < -0.3 is 14.6 Å². The number of halogens is 1. The third kappa shape index (κ3) is 3.72. The zero-order chi connectivity index (χ0) is 15.2. The topological polar surface area (TPSA) is 56.9 Å². The molecule has 0 aliphatic heterocycles. The van der Waals surface area contributed by atoms with E-state index in [0.717, 1.165) is 29.0 Å². The number of methoxy groups -OCH3 is 1. The number of hydrogen-bond donors (Lipinski definition) is 1. The summed E-state index contributed by atoms with van der Waals surface area (Å²) in [5.41, 5.74) is 1.08. The average molecular weight is 356 g/mol. The molecule has 21 heavy (non-hydrogen) atoms. The molecule has 1 atom stereocenters. The second-order valence-corrected chi connectivity index (χ2v) is 5.73. The SMILES string of the molecule is CCCNC(c1nccn1C)c1c(Br)cnn1CCOC. The normalized spacial score (nSPS) is 12.8. The van der Waals surface area contributed by atoms with Gasteiger partial charge >= 0.3 is 0 Å². The van der Waals surface area contributed by atoms with Crippen molar-refractivity contribution in [1.29, 1.82) is 0 Å². The van der Waals surface area contributed by atoms with E-state index in [4.69, 9.17) is 4.74 Å². The van der Waals surface area contributed by atoms with Crippen LogP contribution in [0.4, 0.5) is 0 Å². The predicted octanol–water partition coefficient (Wildman–Crippen LogP) is 2.11. The molecular weight excluding hydrogens is 334 g/mol. The first-order chi connectivity index (χ1) is 10.2. The second kappa shape index (κ2) is 7.72. The Morgan fingerprint density at radius 3 is 2.90 bits per heavy atom. The maximum Gasteiger partial charge on any atom is 0.131 e. The van der Waals surface area contributed by atoms with Crippen molar-refractivity contribution in [2.24, 2.45) is 7.05 Å². The fourth-order valence-electron chi connectivity index (χ4n) is 2.27. The van der Waals surface area contributed by atoms with Gasteiger partial charge in [-0.2, -0.15) is 5.10 Å². The van der Waals surface area contributed by atoms with Crippen LogP contribution in [0.3, 0.4) is 0 Å². The predicted molar refractivity (Wildman–Crippen MR) is 85.1 cm³/mol. The minimum Gasteiger partial charge on any atom is -0.383 e. The lowest BCUT2D eigenvalue weighted by Gasteiger charge is -2.20. The van der Waals surface area contributed by atoms with Crippen LogP contribution in [0.25, 0.3) is 0 Å². The van der Waals surface area contributed by atoms with Gasteiger partial charge in [0, 0.05) is 26.6 Å². The molecule has 2 aromatic rings. The molecule has 0 amide bonds. The molecule has 0 fully saturated rings. The Balaban J connectivity index is 2.36. The molecule has 0 aliphatic rings. The van der Waals surface area contributed by atoms with Crippen molar-refractivity contribution < 1.29 is 4.74 Å². The number of aromatic nitrogens is 4. The first-order valence-corrected chi connectivity index (χ1v) is 7.89. The summed E-state index contributed by atoms with van der Waals surface area (Å²) < 4.78 is 10.2. The standard InChI is InChI=1S/C14H22BrN5O/c1-4-5-16-12(14-17-6-7-19(14)2)13-11(15)10-18-20(13)8-9-21-3/h6-7,10,12,16H,4-5,8-9H2,1-3H3. The van der Waals surface area contributed by atoms with E-state index < -0.39 is 0 Å². The largest absolute Gasteiger partial charge is 0.383 e. The highest BCUT2D eigenvalue weighted by molar-refractivity contribution is 9.10. The lowest BCUT2D eigenvalue weighted by atomic mass is 10.2. The van der Waals surface area contributed by atoms with Crippen LogP contribution in [0.1, 0.15) is 30.9 Å². The Hall–Kier alpha value is -1.18. The molecule has 2 rings (SSSR count). The maximum absolute atomic E-state index is 5.17.